The Morgan fingerprint density at radius 2 is 2.14 bits per heavy atom. The number of benzene rings is 1. The van der Waals surface area contributed by atoms with Gasteiger partial charge in [0.05, 0.1) is 18.8 Å². The molecule has 1 aromatic heterocycles. The number of nitrogens with one attached hydrogen (secondary N) is 1. The van der Waals surface area contributed by atoms with Gasteiger partial charge in [-0.05, 0) is 44.4 Å². The molecule has 1 aliphatic carbocycles. The van der Waals surface area contributed by atoms with E-state index in [0.717, 1.165) is 35.8 Å². The number of hydrogen-bond donors (Lipinski definition) is 2. The van der Waals surface area contributed by atoms with Crippen molar-refractivity contribution in [1.29, 1.82) is 0 Å². The van der Waals surface area contributed by atoms with Crippen LogP contribution in [0.25, 0.3) is 0 Å². The third-order valence-electron chi connectivity index (χ3n) is 4.57. The third-order valence-corrected chi connectivity index (χ3v) is 4.81. The summed E-state index contributed by atoms with van der Waals surface area (Å²) >= 11 is 6.12. The predicted molar refractivity (Wildman–Crippen MR) is 88.0 cm³/mol. The molecule has 0 aliphatic heterocycles. The first-order valence-electron chi connectivity index (χ1n) is 7.70. The molecule has 0 bridgehead atoms. The van der Waals surface area contributed by atoms with Crippen LogP contribution in [0.5, 0.6) is 0 Å². The number of aryl methyl sites for hydroxylation is 1. The highest BCUT2D eigenvalue weighted by molar-refractivity contribution is 6.30. The number of rotatable bonds is 6. The Labute approximate surface area is 136 Å². The molecule has 5 heteroatoms. The van der Waals surface area contributed by atoms with Gasteiger partial charge in [0, 0.05) is 28.4 Å². The maximum absolute atomic E-state index is 9.10. The van der Waals surface area contributed by atoms with Crippen molar-refractivity contribution in [1.82, 2.24) is 15.1 Å². The van der Waals surface area contributed by atoms with E-state index in [4.69, 9.17) is 16.7 Å². The minimum atomic E-state index is 0.0584. The molecule has 1 fully saturated rings. The van der Waals surface area contributed by atoms with E-state index in [9.17, 15) is 0 Å². The van der Waals surface area contributed by atoms with Crippen LogP contribution in [-0.2, 0) is 18.6 Å². The minimum absolute atomic E-state index is 0.0584. The highest BCUT2D eigenvalue weighted by Crippen LogP contribution is 2.46. The summed E-state index contributed by atoms with van der Waals surface area (Å²) in [6.45, 7) is 5.53. The molecule has 118 valence electrons. The van der Waals surface area contributed by atoms with Crippen LogP contribution in [0.15, 0.2) is 24.3 Å². The number of aliphatic hydroxyl groups is 1. The Bertz CT molecular complexity index is 677. The summed E-state index contributed by atoms with van der Waals surface area (Å²) in [5.41, 5.74) is 4.70. The lowest BCUT2D eigenvalue weighted by Crippen LogP contribution is -2.28. The van der Waals surface area contributed by atoms with Crippen molar-refractivity contribution in [2.45, 2.75) is 45.3 Å². The number of aliphatic hydroxyl groups excluding tert-OH is 1. The zero-order valence-corrected chi connectivity index (χ0v) is 13.8. The van der Waals surface area contributed by atoms with E-state index >= 15 is 0 Å². The molecular formula is C17H22ClN3O. The highest BCUT2D eigenvalue weighted by Gasteiger charge is 2.44. The number of aromatic nitrogens is 2. The molecule has 2 aromatic rings. The smallest absolute Gasteiger partial charge is 0.0644 e. The van der Waals surface area contributed by atoms with Crippen molar-refractivity contribution in [2.75, 3.05) is 6.61 Å². The lowest BCUT2D eigenvalue weighted by atomic mass is 10.0. The average molecular weight is 320 g/mol. The second-order valence-electron chi connectivity index (χ2n) is 6.04. The zero-order chi connectivity index (χ0) is 15.7. The van der Waals surface area contributed by atoms with E-state index in [2.05, 4.69) is 29.5 Å². The zero-order valence-electron chi connectivity index (χ0n) is 13.1. The van der Waals surface area contributed by atoms with Crippen LogP contribution in [0.2, 0.25) is 5.02 Å². The molecule has 0 amide bonds. The molecule has 1 saturated carbocycles. The highest BCUT2D eigenvalue weighted by atomic mass is 35.5. The van der Waals surface area contributed by atoms with Gasteiger partial charge in [-0.25, -0.2) is 0 Å². The van der Waals surface area contributed by atoms with Crippen LogP contribution >= 0.6 is 11.6 Å². The summed E-state index contributed by atoms with van der Waals surface area (Å²) in [5.74, 6) is 0. The molecule has 0 radical (unpaired) electrons. The lowest BCUT2D eigenvalue weighted by Gasteiger charge is -2.18. The van der Waals surface area contributed by atoms with E-state index in [1.54, 1.807) is 0 Å². The molecule has 1 aromatic carbocycles. The van der Waals surface area contributed by atoms with Crippen molar-refractivity contribution in [3.05, 3.63) is 51.8 Å². The maximum Gasteiger partial charge on any atom is 0.0644 e. The fraction of sp³-hybridized carbons (Fsp3) is 0.471. The molecule has 3 rings (SSSR count). The van der Waals surface area contributed by atoms with Crippen LogP contribution in [0.4, 0.5) is 0 Å². The summed E-state index contributed by atoms with van der Waals surface area (Å²) in [6, 6.07) is 8.11. The molecule has 0 spiro atoms. The van der Waals surface area contributed by atoms with Gasteiger partial charge in [-0.15, -0.1) is 0 Å². The molecule has 22 heavy (non-hydrogen) atoms. The Morgan fingerprint density at radius 1 is 1.36 bits per heavy atom. The molecular weight excluding hydrogens is 298 g/mol. The van der Waals surface area contributed by atoms with Gasteiger partial charge in [0.25, 0.3) is 0 Å². The van der Waals surface area contributed by atoms with Gasteiger partial charge in [0.15, 0.2) is 0 Å². The van der Waals surface area contributed by atoms with Gasteiger partial charge in [0.1, 0.15) is 0 Å². The first-order chi connectivity index (χ1) is 10.6. The molecule has 0 atom stereocenters. The minimum Gasteiger partial charge on any atom is -0.394 e. The molecule has 0 unspecified atom stereocenters. The quantitative estimate of drug-likeness (QED) is 0.860. The van der Waals surface area contributed by atoms with Crippen molar-refractivity contribution in [3.63, 3.8) is 0 Å². The number of hydrogen-bond acceptors (Lipinski definition) is 3. The first kappa shape index (κ1) is 15.5. The van der Waals surface area contributed by atoms with E-state index in [0.29, 0.717) is 6.54 Å². The Kier molecular flexibility index (Phi) is 4.26. The van der Waals surface area contributed by atoms with E-state index < -0.39 is 0 Å². The van der Waals surface area contributed by atoms with Crippen molar-refractivity contribution >= 4 is 11.6 Å². The van der Waals surface area contributed by atoms with Crippen molar-refractivity contribution < 1.29 is 5.11 Å². The fourth-order valence-electron chi connectivity index (χ4n) is 3.04. The molecule has 1 heterocycles. The topological polar surface area (TPSA) is 50.1 Å². The lowest BCUT2D eigenvalue weighted by molar-refractivity contribution is 0.267. The normalized spacial score (nSPS) is 16.0. The van der Waals surface area contributed by atoms with Crippen molar-refractivity contribution in [3.8, 4) is 0 Å². The molecule has 1 aliphatic rings. The summed E-state index contributed by atoms with van der Waals surface area (Å²) < 4.78 is 1.88. The summed E-state index contributed by atoms with van der Waals surface area (Å²) in [7, 11) is 0. The summed E-state index contributed by atoms with van der Waals surface area (Å²) in [4.78, 5) is 0. The average Bonchev–Trinajstić information content (AvgIpc) is 3.23. The second kappa shape index (κ2) is 6.03. The monoisotopic (exact) mass is 319 g/mol. The van der Waals surface area contributed by atoms with Gasteiger partial charge in [-0.1, -0.05) is 23.7 Å². The number of nitrogens with zero attached hydrogens (tertiary/aromatic N) is 2. The van der Waals surface area contributed by atoms with Gasteiger partial charge in [0.2, 0.25) is 0 Å². The predicted octanol–water partition coefficient (Wildman–Crippen LogP) is 2.92. The first-order valence-corrected chi connectivity index (χ1v) is 8.08. The van der Waals surface area contributed by atoms with Gasteiger partial charge < -0.3 is 10.4 Å². The van der Waals surface area contributed by atoms with E-state index in [-0.39, 0.29) is 12.1 Å². The van der Waals surface area contributed by atoms with Crippen LogP contribution in [0.1, 0.15) is 35.4 Å². The third kappa shape index (κ3) is 2.91. The summed E-state index contributed by atoms with van der Waals surface area (Å²) in [5, 5.41) is 18.1. The van der Waals surface area contributed by atoms with Gasteiger partial charge in [-0.3, -0.25) is 4.68 Å². The van der Waals surface area contributed by atoms with Crippen LogP contribution in [0, 0.1) is 13.8 Å². The van der Waals surface area contributed by atoms with E-state index in [1.807, 2.05) is 23.7 Å². The van der Waals surface area contributed by atoms with Gasteiger partial charge >= 0.3 is 0 Å². The van der Waals surface area contributed by atoms with E-state index in [1.165, 1.54) is 11.1 Å². The van der Waals surface area contributed by atoms with Gasteiger partial charge in [-0.2, -0.15) is 5.10 Å². The largest absolute Gasteiger partial charge is 0.394 e. The molecule has 2 N–H and O–H groups in total. The van der Waals surface area contributed by atoms with Crippen LogP contribution < -0.4 is 5.32 Å². The van der Waals surface area contributed by atoms with Crippen LogP contribution in [-0.4, -0.2) is 21.5 Å². The SMILES string of the molecule is Cc1nn(CCO)c(C)c1CNC1(c2cccc(Cl)c2)CC1. The molecule has 0 saturated heterocycles. The Morgan fingerprint density at radius 3 is 2.77 bits per heavy atom. The second-order valence-corrected chi connectivity index (χ2v) is 6.48. The standard InChI is InChI=1S/C17H22ClN3O/c1-12-16(13(2)21(20-12)8-9-22)11-19-17(6-7-17)14-4-3-5-15(18)10-14/h3-5,10,19,22H,6-9,11H2,1-2H3. The number of halogens is 1. The Balaban J connectivity index is 1.75. The fourth-order valence-corrected chi connectivity index (χ4v) is 3.23. The molecule has 4 nitrogen and oxygen atoms in total. The maximum atomic E-state index is 9.10. The van der Waals surface area contributed by atoms with Crippen LogP contribution in [0.3, 0.4) is 0 Å². The van der Waals surface area contributed by atoms with Crippen molar-refractivity contribution in [2.24, 2.45) is 0 Å². The Hall–Kier alpha value is -1.36. The summed E-state index contributed by atoms with van der Waals surface area (Å²) in [6.07, 6.45) is 2.27.